The van der Waals surface area contributed by atoms with E-state index in [0.717, 1.165) is 4.57 Å². The molecule has 36 heavy (non-hydrogen) atoms. The zero-order valence-electron chi connectivity index (χ0n) is 19.6. The fourth-order valence-electron chi connectivity index (χ4n) is 3.22. The first-order valence-electron chi connectivity index (χ1n) is 10.9. The summed E-state index contributed by atoms with van der Waals surface area (Å²) in [6, 6.07) is 9.11. The Hall–Kier alpha value is -1.76. The number of nitrogens with one attached hydrogen (secondary N) is 1. The first kappa shape index (κ1) is 28.8. The molecule has 1 fully saturated rings. The third kappa shape index (κ3) is 6.96. The molecule has 3 rings (SSSR count). The lowest BCUT2D eigenvalue weighted by Crippen LogP contribution is -2.40. The fourth-order valence-corrected chi connectivity index (χ4v) is 6.23. The molecule has 4 N–H and O–H groups in total. The molecule has 0 aliphatic carbocycles. The maximum absolute atomic E-state index is 12.4. The lowest BCUT2D eigenvalue weighted by atomic mass is 10.2. The molecular weight excluding hydrogens is 554 g/mol. The summed E-state index contributed by atoms with van der Waals surface area (Å²) >= 11 is 18.4. The van der Waals surface area contributed by atoms with Gasteiger partial charge < -0.3 is 29.4 Å². The number of carbonyl (C=O) groups excluding carboxylic acids is 1. The Bertz CT molecular complexity index is 1170. The number of halogens is 2. The lowest BCUT2D eigenvalue weighted by molar-refractivity contribution is -0.149. The number of nitrogens with two attached hydrogens (primary N) is 1. The number of hydrogen-bond donors (Lipinski definition) is 3. The number of benzene rings is 1. The van der Waals surface area contributed by atoms with Crippen LogP contribution in [0.4, 0.5) is 5.82 Å². The number of aromatic nitrogens is 2. The lowest BCUT2D eigenvalue weighted by Gasteiger charge is -2.28. The van der Waals surface area contributed by atoms with Crippen LogP contribution in [-0.4, -0.2) is 55.9 Å². The molecule has 1 unspecified atom stereocenters. The highest BCUT2D eigenvalue weighted by molar-refractivity contribution is 8.09. The van der Waals surface area contributed by atoms with Crippen LogP contribution in [-0.2, 0) is 30.6 Å². The number of nitrogen functional groups attached to an aromatic ring is 1. The molecule has 1 aliphatic heterocycles. The molecule has 1 aromatic carbocycles. The number of aliphatic hydroxyl groups is 1. The number of aliphatic hydroxyl groups excluding tert-OH is 1. The van der Waals surface area contributed by atoms with E-state index in [1.807, 2.05) is 0 Å². The van der Waals surface area contributed by atoms with Gasteiger partial charge in [0.2, 0.25) is 0 Å². The third-order valence-electron chi connectivity index (χ3n) is 4.92. The van der Waals surface area contributed by atoms with Gasteiger partial charge in [0.05, 0.1) is 12.7 Å². The minimum atomic E-state index is -3.42. The Balaban J connectivity index is 1.79. The largest absolute Gasteiger partial charge is 0.462 e. The van der Waals surface area contributed by atoms with E-state index in [4.69, 9.17) is 59.3 Å². The summed E-state index contributed by atoms with van der Waals surface area (Å²) in [5, 5.41) is 13.7. The molecule has 0 spiro atoms. The second kappa shape index (κ2) is 11.7. The van der Waals surface area contributed by atoms with Crippen molar-refractivity contribution in [3.63, 3.8) is 0 Å². The average molecular weight is 581 g/mol. The minimum absolute atomic E-state index is 0.000590. The molecular formula is C21H27Cl2N4O7PS. The molecule has 0 amide bonds. The Kier molecular flexibility index (Phi) is 9.40. The van der Waals surface area contributed by atoms with Gasteiger partial charge >= 0.3 is 18.3 Å². The molecule has 11 nitrogen and oxygen atoms in total. The van der Waals surface area contributed by atoms with Crippen molar-refractivity contribution in [2.24, 2.45) is 0 Å². The van der Waals surface area contributed by atoms with E-state index in [1.165, 1.54) is 12.3 Å². The van der Waals surface area contributed by atoms with Crippen molar-refractivity contribution in [1.82, 2.24) is 14.6 Å². The number of carbonyl (C=O) groups is 1. The van der Waals surface area contributed by atoms with Gasteiger partial charge in [-0.05, 0) is 50.8 Å². The molecule has 0 radical (unpaired) electrons. The van der Waals surface area contributed by atoms with Crippen LogP contribution in [0.15, 0.2) is 47.4 Å². The predicted molar refractivity (Wildman–Crippen MR) is 138 cm³/mol. The van der Waals surface area contributed by atoms with Gasteiger partial charge in [-0.25, -0.2) is 9.88 Å². The van der Waals surface area contributed by atoms with Crippen molar-refractivity contribution >= 4 is 53.4 Å². The van der Waals surface area contributed by atoms with E-state index in [2.05, 4.69) is 10.1 Å². The van der Waals surface area contributed by atoms with Crippen LogP contribution in [0.25, 0.3) is 0 Å². The van der Waals surface area contributed by atoms with E-state index in [1.54, 1.807) is 51.1 Å². The highest BCUT2D eigenvalue weighted by Crippen LogP contribution is 2.49. The van der Waals surface area contributed by atoms with Crippen molar-refractivity contribution in [3.8, 4) is 5.75 Å². The quantitative estimate of drug-likeness (QED) is 0.216. The number of alkyl halides is 2. The predicted octanol–water partition coefficient (Wildman–Crippen LogP) is 2.51. The van der Waals surface area contributed by atoms with Crippen LogP contribution in [0.2, 0.25) is 0 Å². The van der Waals surface area contributed by atoms with Gasteiger partial charge in [0, 0.05) is 6.20 Å². The molecule has 2 aromatic rings. The molecule has 1 aliphatic rings. The third-order valence-corrected chi connectivity index (χ3v) is 8.24. The molecule has 5 atom stereocenters. The van der Waals surface area contributed by atoms with Crippen molar-refractivity contribution in [2.45, 2.75) is 55.7 Å². The van der Waals surface area contributed by atoms with Gasteiger partial charge in [0.1, 0.15) is 29.8 Å². The summed E-state index contributed by atoms with van der Waals surface area (Å²) in [7, 11) is 0. The Morgan fingerprint density at radius 3 is 2.61 bits per heavy atom. The molecule has 0 saturated carbocycles. The number of para-hydroxylation sites is 1. The van der Waals surface area contributed by atoms with Crippen LogP contribution < -0.4 is 21.0 Å². The molecule has 1 aromatic heterocycles. The zero-order valence-corrected chi connectivity index (χ0v) is 22.8. The number of hydrogen-bond acceptors (Lipinski definition) is 10. The standard InChI is InChI=1S/C21H27Cl2N4O7PS/c1-12(2)32-18(29)13(3)26-35(36,34-14-7-5-4-6-8-14)31-11-15-17(28)21(22,23)19(33-15)27-10-9-16(24)25-20(27)30/h4-10,12-13,15,17,19,28H,11H2,1-3H3,(H,26,36)(H2,24,25,30)/t13-,15+,17+,19+,35?/m0/s1. The Labute approximate surface area is 223 Å². The van der Waals surface area contributed by atoms with Crippen molar-refractivity contribution in [2.75, 3.05) is 12.3 Å². The number of ether oxygens (including phenoxy) is 2. The van der Waals surface area contributed by atoms with Crippen LogP contribution >= 0.6 is 29.8 Å². The maximum Gasteiger partial charge on any atom is 0.351 e. The number of rotatable bonds is 10. The molecule has 2 heterocycles. The fraction of sp³-hybridized carbons (Fsp3) is 0.476. The first-order valence-corrected chi connectivity index (χ1v) is 14.3. The summed E-state index contributed by atoms with van der Waals surface area (Å²) < 4.78 is 21.9. The van der Waals surface area contributed by atoms with Crippen molar-refractivity contribution < 1.29 is 28.4 Å². The minimum Gasteiger partial charge on any atom is -0.462 e. The highest BCUT2D eigenvalue weighted by atomic mass is 35.5. The van der Waals surface area contributed by atoms with Gasteiger partial charge in [0.15, 0.2) is 10.6 Å². The van der Waals surface area contributed by atoms with Gasteiger partial charge in [0.25, 0.3) is 0 Å². The second-order valence-electron chi connectivity index (χ2n) is 8.22. The van der Waals surface area contributed by atoms with Gasteiger partial charge in [-0.2, -0.15) is 4.98 Å². The smallest absolute Gasteiger partial charge is 0.351 e. The Morgan fingerprint density at radius 1 is 1.33 bits per heavy atom. The summed E-state index contributed by atoms with van der Waals surface area (Å²) in [5.41, 5.74) is 4.76. The van der Waals surface area contributed by atoms with E-state index in [0.29, 0.717) is 5.75 Å². The van der Waals surface area contributed by atoms with E-state index in [-0.39, 0.29) is 18.5 Å². The zero-order chi connectivity index (χ0) is 26.7. The monoisotopic (exact) mass is 580 g/mol. The van der Waals surface area contributed by atoms with E-state index >= 15 is 0 Å². The summed E-state index contributed by atoms with van der Waals surface area (Å²) in [6.07, 6.45) is -2.93. The maximum atomic E-state index is 12.4. The average Bonchev–Trinajstić information content (AvgIpc) is 3.01. The second-order valence-corrected chi connectivity index (χ2v) is 12.8. The summed E-state index contributed by atoms with van der Waals surface area (Å²) in [4.78, 5) is 28.3. The number of esters is 1. The summed E-state index contributed by atoms with van der Waals surface area (Å²) in [6.45, 7) is 1.25. The number of anilines is 1. The topological polar surface area (TPSA) is 147 Å². The van der Waals surface area contributed by atoms with Gasteiger partial charge in [-0.3, -0.25) is 9.36 Å². The highest BCUT2D eigenvalue weighted by Gasteiger charge is 2.56. The molecule has 15 heteroatoms. The molecule has 0 bridgehead atoms. The molecule has 1 saturated heterocycles. The normalized spacial score (nSPS) is 23.7. The van der Waals surface area contributed by atoms with Crippen LogP contribution in [0, 0.1) is 0 Å². The van der Waals surface area contributed by atoms with Gasteiger partial charge in [-0.15, -0.1) is 0 Å². The van der Waals surface area contributed by atoms with E-state index < -0.39 is 47.1 Å². The van der Waals surface area contributed by atoms with Crippen molar-refractivity contribution in [1.29, 1.82) is 0 Å². The molecule has 198 valence electrons. The SMILES string of the molecule is CC(C)OC(=O)[C@H](C)NP(=S)(OC[C@H]1O[C@@H](n2ccc(N)nc2=O)C(Cl)(Cl)[C@@H]1O)Oc1ccccc1. The van der Waals surface area contributed by atoms with E-state index in [9.17, 15) is 14.7 Å². The van der Waals surface area contributed by atoms with Gasteiger partial charge in [-0.1, -0.05) is 41.4 Å². The van der Waals surface area contributed by atoms with Crippen LogP contribution in [0.3, 0.4) is 0 Å². The first-order chi connectivity index (χ1) is 16.8. The van der Waals surface area contributed by atoms with Crippen molar-refractivity contribution in [3.05, 3.63) is 53.1 Å². The number of nitrogens with zero attached hydrogens (tertiary/aromatic N) is 2. The summed E-state index contributed by atoms with van der Waals surface area (Å²) in [5.74, 6) is -0.154. The Morgan fingerprint density at radius 2 is 2.00 bits per heavy atom. The van der Waals surface area contributed by atoms with Crippen LogP contribution in [0.5, 0.6) is 5.75 Å². The van der Waals surface area contributed by atoms with Crippen LogP contribution in [0.1, 0.15) is 27.0 Å².